The van der Waals surface area contributed by atoms with Crippen molar-refractivity contribution in [1.29, 1.82) is 0 Å². The molecule has 0 aromatic rings. The summed E-state index contributed by atoms with van der Waals surface area (Å²) in [6.07, 6.45) is 52.8. The van der Waals surface area contributed by atoms with Gasteiger partial charge in [-0.1, -0.05) is 176 Å². The van der Waals surface area contributed by atoms with Crippen molar-refractivity contribution in [3.8, 4) is 0 Å². The highest BCUT2D eigenvalue weighted by atomic mass is 31.2. The highest BCUT2D eigenvalue weighted by Crippen LogP contribution is 2.43. The average molecular weight is 947 g/mol. The lowest BCUT2D eigenvalue weighted by Crippen LogP contribution is -2.30. The monoisotopic (exact) mass is 947 g/mol. The van der Waals surface area contributed by atoms with Gasteiger partial charge in [0.25, 0.3) is 0 Å². The summed E-state index contributed by atoms with van der Waals surface area (Å²) in [7, 11) is -4.76. The number of hydrogen-bond donors (Lipinski definition) is 2. The SMILES string of the molecule is CC/C=C\C/C=C\C/C=C\C/C=C\CCCCC(=O)OC(COC(=O)CCCCC/C=C\C/C=C\C/C=C\CC)COP(=O)(O)OCC(CO)OC(=O)CCCCCCCCCCCCC. The molecule has 378 valence electrons. The van der Waals surface area contributed by atoms with E-state index in [1.807, 2.05) is 0 Å². The van der Waals surface area contributed by atoms with Crippen LogP contribution in [-0.2, 0) is 42.2 Å². The van der Waals surface area contributed by atoms with E-state index in [0.717, 1.165) is 96.3 Å². The molecule has 0 spiro atoms. The number of rotatable bonds is 46. The lowest BCUT2D eigenvalue weighted by Gasteiger charge is -2.21. The number of carbonyl (C=O) groups excluding carboxylic acids is 3. The molecule has 0 aliphatic carbocycles. The zero-order valence-electron chi connectivity index (χ0n) is 41.4. The van der Waals surface area contributed by atoms with Gasteiger partial charge in [0.05, 0.1) is 19.8 Å². The van der Waals surface area contributed by atoms with E-state index < -0.39 is 57.8 Å². The second kappa shape index (κ2) is 48.1. The van der Waals surface area contributed by atoms with E-state index in [1.54, 1.807) is 0 Å². The van der Waals surface area contributed by atoms with Gasteiger partial charge in [0.1, 0.15) is 12.7 Å². The number of aliphatic hydroxyl groups excluding tert-OH is 1. The Hall–Kier alpha value is -3.34. The largest absolute Gasteiger partial charge is 0.472 e. The smallest absolute Gasteiger partial charge is 0.462 e. The van der Waals surface area contributed by atoms with Crippen LogP contribution in [0.5, 0.6) is 0 Å². The van der Waals surface area contributed by atoms with Crippen LogP contribution in [0.1, 0.15) is 201 Å². The molecular weight excluding hydrogens is 856 g/mol. The van der Waals surface area contributed by atoms with Gasteiger partial charge in [-0.3, -0.25) is 23.4 Å². The highest BCUT2D eigenvalue weighted by molar-refractivity contribution is 7.47. The molecule has 0 saturated carbocycles. The lowest BCUT2D eigenvalue weighted by atomic mass is 10.1. The molecule has 0 fully saturated rings. The Morgan fingerprint density at radius 3 is 1.24 bits per heavy atom. The molecule has 3 unspecified atom stereocenters. The maximum atomic E-state index is 12.8. The zero-order chi connectivity index (χ0) is 48.4. The molecule has 0 heterocycles. The summed E-state index contributed by atoms with van der Waals surface area (Å²) in [5, 5.41) is 9.76. The minimum absolute atomic E-state index is 0.106. The Balaban J connectivity index is 4.86. The minimum Gasteiger partial charge on any atom is -0.462 e. The summed E-state index contributed by atoms with van der Waals surface area (Å²) in [5.41, 5.74) is 0. The predicted octanol–water partition coefficient (Wildman–Crippen LogP) is 14.4. The number of allylic oxidation sites excluding steroid dienone is 14. The molecule has 12 heteroatoms. The van der Waals surface area contributed by atoms with Gasteiger partial charge >= 0.3 is 25.7 Å². The van der Waals surface area contributed by atoms with Gasteiger partial charge in [0.2, 0.25) is 0 Å². The van der Waals surface area contributed by atoms with E-state index in [1.165, 1.54) is 44.9 Å². The number of phosphoric ester groups is 1. The van der Waals surface area contributed by atoms with E-state index in [4.69, 9.17) is 23.3 Å². The van der Waals surface area contributed by atoms with Crippen LogP contribution in [0, 0.1) is 0 Å². The topological polar surface area (TPSA) is 155 Å². The standard InChI is InChI=1S/C54H91O11P/c1-4-7-10-13-16-19-22-24-25-27-30-33-36-39-42-45-54(58)65-51(47-61-52(56)43-40-37-34-31-29-26-23-20-17-14-11-8-5-2)49-63-66(59,60)62-48-50(46-55)64-53(57)44-41-38-35-32-28-21-18-15-12-9-6-3/h7-8,10-11,16-17,19-20,24-26,29-30,33,50-51,55H,4-6,9,12-15,18,21-23,27-28,31-32,34-49H2,1-3H3,(H,59,60)/b10-7-,11-8-,19-16-,20-17-,25-24-,29-26-,33-30-. The molecule has 3 atom stereocenters. The third kappa shape index (κ3) is 45.8. The molecule has 0 radical (unpaired) electrons. The van der Waals surface area contributed by atoms with Crippen LogP contribution in [0.25, 0.3) is 0 Å². The normalized spacial score (nSPS) is 14.2. The van der Waals surface area contributed by atoms with Crippen molar-refractivity contribution in [3.05, 3.63) is 85.1 Å². The summed E-state index contributed by atoms with van der Waals surface area (Å²) >= 11 is 0. The van der Waals surface area contributed by atoms with Gasteiger partial charge in [-0.2, -0.15) is 0 Å². The second-order valence-corrected chi connectivity index (χ2v) is 18.0. The lowest BCUT2D eigenvalue weighted by molar-refractivity contribution is -0.161. The zero-order valence-corrected chi connectivity index (χ0v) is 42.3. The Morgan fingerprint density at radius 1 is 0.439 bits per heavy atom. The molecular formula is C54H91O11P. The number of phosphoric acid groups is 1. The molecule has 0 bridgehead atoms. The molecule has 0 saturated heterocycles. The number of aliphatic hydroxyl groups is 1. The molecule has 11 nitrogen and oxygen atoms in total. The third-order valence-electron chi connectivity index (χ3n) is 10.3. The fraction of sp³-hybridized carbons (Fsp3) is 0.685. The number of carbonyl (C=O) groups is 3. The van der Waals surface area contributed by atoms with Crippen LogP contribution < -0.4 is 0 Å². The first kappa shape index (κ1) is 62.7. The van der Waals surface area contributed by atoms with Gasteiger partial charge in [-0.05, 0) is 89.9 Å². The molecule has 0 aliphatic heterocycles. The summed E-state index contributed by atoms with van der Waals surface area (Å²) < 4.78 is 39.2. The van der Waals surface area contributed by atoms with Crippen molar-refractivity contribution in [2.45, 2.75) is 213 Å². The Kier molecular flexibility index (Phi) is 45.7. The Morgan fingerprint density at radius 2 is 0.788 bits per heavy atom. The Labute approximate surface area is 400 Å². The summed E-state index contributed by atoms with van der Waals surface area (Å²) in [4.78, 5) is 48.2. The molecule has 0 rings (SSSR count). The molecule has 0 aromatic heterocycles. The van der Waals surface area contributed by atoms with E-state index >= 15 is 0 Å². The molecule has 2 N–H and O–H groups in total. The maximum absolute atomic E-state index is 12.8. The number of ether oxygens (including phenoxy) is 3. The van der Waals surface area contributed by atoms with E-state index in [2.05, 4.69) is 106 Å². The molecule has 66 heavy (non-hydrogen) atoms. The number of hydrogen-bond acceptors (Lipinski definition) is 10. The second-order valence-electron chi connectivity index (χ2n) is 16.6. The van der Waals surface area contributed by atoms with Crippen LogP contribution in [0.3, 0.4) is 0 Å². The van der Waals surface area contributed by atoms with Crippen molar-refractivity contribution in [1.82, 2.24) is 0 Å². The van der Waals surface area contributed by atoms with Gasteiger partial charge < -0.3 is 24.2 Å². The number of unbranched alkanes of at least 4 members (excludes halogenated alkanes) is 15. The summed E-state index contributed by atoms with van der Waals surface area (Å²) in [6.45, 7) is 4.30. The first-order valence-corrected chi connectivity index (χ1v) is 27.0. The van der Waals surface area contributed by atoms with E-state index in [0.29, 0.717) is 19.3 Å². The highest BCUT2D eigenvalue weighted by Gasteiger charge is 2.28. The van der Waals surface area contributed by atoms with Gasteiger partial charge in [-0.15, -0.1) is 0 Å². The maximum Gasteiger partial charge on any atom is 0.472 e. The summed E-state index contributed by atoms with van der Waals surface area (Å²) in [6, 6.07) is 0. The summed E-state index contributed by atoms with van der Waals surface area (Å²) in [5.74, 6) is -1.56. The molecule has 0 aromatic carbocycles. The van der Waals surface area contributed by atoms with Crippen molar-refractivity contribution < 1.29 is 52.2 Å². The van der Waals surface area contributed by atoms with Crippen LogP contribution in [-0.4, -0.2) is 66.5 Å². The quantitative estimate of drug-likeness (QED) is 0.0197. The molecule has 0 amide bonds. The fourth-order valence-electron chi connectivity index (χ4n) is 6.48. The first-order chi connectivity index (χ1) is 32.2. The van der Waals surface area contributed by atoms with Crippen LogP contribution in [0.15, 0.2) is 85.1 Å². The predicted molar refractivity (Wildman–Crippen MR) is 270 cm³/mol. The van der Waals surface area contributed by atoms with Crippen molar-refractivity contribution >= 4 is 25.7 Å². The van der Waals surface area contributed by atoms with Crippen molar-refractivity contribution in [3.63, 3.8) is 0 Å². The van der Waals surface area contributed by atoms with Crippen molar-refractivity contribution in [2.75, 3.05) is 26.4 Å². The third-order valence-corrected chi connectivity index (χ3v) is 11.3. The van der Waals surface area contributed by atoms with Crippen LogP contribution >= 0.6 is 7.82 Å². The van der Waals surface area contributed by atoms with Gasteiger partial charge in [0.15, 0.2) is 6.10 Å². The van der Waals surface area contributed by atoms with E-state index in [9.17, 15) is 28.9 Å². The number of esters is 3. The molecule has 0 aliphatic rings. The Bertz CT molecular complexity index is 1430. The first-order valence-electron chi connectivity index (χ1n) is 25.5. The fourth-order valence-corrected chi connectivity index (χ4v) is 7.26. The average Bonchev–Trinajstić information content (AvgIpc) is 3.30. The van der Waals surface area contributed by atoms with Gasteiger partial charge in [0, 0.05) is 19.3 Å². The van der Waals surface area contributed by atoms with Crippen molar-refractivity contribution in [2.24, 2.45) is 0 Å². The van der Waals surface area contributed by atoms with Crippen LogP contribution in [0.4, 0.5) is 0 Å². The van der Waals surface area contributed by atoms with E-state index in [-0.39, 0.29) is 25.9 Å². The van der Waals surface area contributed by atoms with Gasteiger partial charge in [-0.25, -0.2) is 4.57 Å². The minimum atomic E-state index is -4.76. The van der Waals surface area contributed by atoms with Crippen LogP contribution in [0.2, 0.25) is 0 Å².